The fourth-order valence-corrected chi connectivity index (χ4v) is 7.90. The van der Waals surface area contributed by atoms with Gasteiger partial charge in [-0.25, -0.2) is 18.4 Å². The van der Waals surface area contributed by atoms with Crippen molar-refractivity contribution in [1.82, 2.24) is 20.4 Å². The normalized spacial score (nSPS) is 14.1. The average molecular weight is 1060 g/mol. The zero-order chi connectivity index (χ0) is 54.7. The van der Waals surface area contributed by atoms with Crippen molar-refractivity contribution in [2.24, 2.45) is 0 Å². The van der Waals surface area contributed by atoms with Crippen LogP contribution in [0, 0.1) is 11.6 Å². The predicted octanol–water partition coefficient (Wildman–Crippen LogP) is 7.73. The molecule has 2 aromatic heterocycles. The molecule has 24 heteroatoms. The van der Waals surface area contributed by atoms with Gasteiger partial charge in [0.15, 0.2) is 34.2 Å². The van der Waals surface area contributed by atoms with Crippen molar-refractivity contribution in [2.45, 2.75) is 64.2 Å². The van der Waals surface area contributed by atoms with Gasteiger partial charge >= 0.3 is 35.8 Å². The number of aliphatic carboxylic acids is 2. The molecular formula is C52H54F2N4O18. The number of hydrogen-bond acceptors (Lipinski definition) is 20. The molecule has 4 heterocycles. The number of ether oxygens (including phenoxy) is 6. The Bertz CT molecular complexity index is 2820. The number of carbonyl (C=O) groups is 6. The minimum absolute atomic E-state index is 0.0499. The van der Waals surface area contributed by atoms with Gasteiger partial charge in [-0.2, -0.15) is 0 Å². The van der Waals surface area contributed by atoms with E-state index in [1.54, 1.807) is 46.5 Å². The topological polar surface area (TPSA) is 275 Å². The number of hydrogen-bond donors (Lipinski definition) is 2. The monoisotopic (exact) mass is 1060 g/mol. The first kappa shape index (κ1) is 56.7. The summed E-state index contributed by atoms with van der Waals surface area (Å²) in [5.41, 5.74) is 2.48. The number of piperidine rings is 2. The molecule has 0 spiro atoms. The SMILES string of the molecule is COc1cc(OC(C)=O)ccc1OCCC(=O)ON1CCC(c2noc3cc(F)ccc23)CC1.COc1cc(OC(C)=O)ccc1OCCC(=O)ON1CCC(c2noc3cc(F)ccc23)CC1.O=C(O)/C=C/C(=O)O. The van der Waals surface area contributed by atoms with Gasteiger partial charge in [-0.3, -0.25) is 19.2 Å². The summed E-state index contributed by atoms with van der Waals surface area (Å²) in [5, 5.41) is 28.8. The molecule has 76 heavy (non-hydrogen) atoms. The third kappa shape index (κ3) is 17.0. The molecule has 0 radical (unpaired) electrons. The van der Waals surface area contributed by atoms with E-state index in [-0.39, 0.29) is 49.5 Å². The van der Waals surface area contributed by atoms with Gasteiger partial charge < -0.3 is 57.4 Å². The van der Waals surface area contributed by atoms with Crippen molar-refractivity contribution in [2.75, 3.05) is 53.6 Å². The number of rotatable bonds is 18. The van der Waals surface area contributed by atoms with Crippen LogP contribution in [-0.4, -0.2) is 120 Å². The fraction of sp³-hybridized carbons (Fsp3) is 0.346. The smallest absolute Gasteiger partial charge is 0.328 e. The summed E-state index contributed by atoms with van der Waals surface area (Å²) in [6, 6.07) is 18.3. The van der Waals surface area contributed by atoms with Crippen LogP contribution in [0.4, 0.5) is 8.78 Å². The largest absolute Gasteiger partial charge is 0.493 e. The number of esters is 2. The van der Waals surface area contributed by atoms with E-state index in [0.717, 1.165) is 47.8 Å². The Labute approximate surface area is 432 Å². The average Bonchev–Trinajstić information content (AvgIpc) is 4.01. The molecule has 22 nitrogen and oxygen atoms in total. The van der Waals surface area contributed by atoms with Gasteiger partial charge in [-0.1, -0.05) is 10.3 Å². The van der Waals surface area contributed by atoms with E-state index in [4.69, 9.17) is 57.4 Å². The summed E-state index contributed by atoms with van der Waals surface area (Å²) in [6.07, 6.45) is 4.14. The van der Waals surface area contributed by atoms with E-state index in [1.807, 2.05) is 0 Å². The highest BCUT2D eigenvalue weighted by molar-refractivity contribution is 5.89. The summed E-state index contributed by atoms with van der Waals surface area (Å²) >= 11 is 0. The molecule has 2 saturated heterocycles. The molecule has 2 aliphatic heterocycles. The van der Waals surface area contributed by atoms with Crippen LogP contribution in [0.25, 0.3) is 21.9 Å². The second-order valence-electron chi connectivity index (χ2n) is 16.8. The van der Waals surface area contributed by atoms with Gasteiger partial charge in [0.25, 0.3) is 0 Å². The summed E-state index contributed by atoms with van der Waals surface area (Å²) < 4.78 is 69.1. The van der Waals surface area contributed by atoms with Gasteiger partial charge in [-0.15, -0.1) is 10.1 Å². The Hall–Kier alpha value is -8.64. The maximum Gasteiger partial charge on any atom is 0.328 e. The summed E-state index contributed by atoms with van der Waals surface area (Å²) in [6.45, 7) is 5.03. The Morgan fingerprint density at radius 1 is 0.579 bits per heavy atom. The number of carboxylic acid groups (broad SMARTS) is 2. The lowest BCUT2D eigenvalue weighted by atomic mass is 9.92. The van der Waals surface area contributed by atoms with Gasteiger partial charge in [0.2, 0.25) is 0 Å². The van der Waals surface area contributed by atoms with Crippen molar-refractivity contribution in [3.05, 3.63) is 108 Å². The van der Waals surface area contributed by atoms with Crippen molar-refractivity contribution >= 4 is 57.8 Å². The molecule has 2 aliphatic rings. The highest BCUT2D eigenvalue weighted by Crippen LogP contribution is 2.36. The second kappa shape index (κ2) is 27.6. The van der Waals surface area contributed by atoms with Crippen LogP contribution in [0.2, 0.25) is 0 Å². The second-order valence-corrected chi connectivity index (χ2v) is 16.8. The molecule has 2 N–H and O–H groups in total. The molecule has 0 bridgehead atoms. The van der Waals surface area contributed by atoms with Gasteiger partial charge in [0.1, 0.15) is 23.1 Å². The lowest BCUT2D eigenvalue weighted by molar-refractivity contribution is -0.196. The van der Waals surface area contributed by atoms with E-state index in [1.165, 1.54) is 64.5 Å². The van der Waals surface area contributed by atoms with E-state index >= 15 is 0 Å². The summed E-state index contributed by atoms with van der Waals surface area (Å²) in [4.78, 5) is 76.7. The van der Waals surface area contributed by atoms with E-state index in [9.17, 15) is 37.5 Å². The van der Waals surface area contributed by atoms with Crippen LogP contribution in [-0.2, 0) is 38.4 Å². The molecule has 8 rings (SSSR count). The minimum Gasteiger partial charge on any atom is -0.493 e. The molecular weight excluding hydrogens is 1010 g/mol. The number of hydroxylamine groups is 4. The maximum atomic E-state index is 13.4. The molecule has 404 valence electrons. The molecule has 0 amide bonds. The van der Waals surface area contributed by atoms with Crippen molar-refractivity contribution in [3.63, 3.8) is 0 Å². The highest BCUT2D eigenvalue weighted by atomic mass is 19.1. The van der Waals surface area contributed by atoms with Crippen LogP contribution in [0.3, 0.4) is 0 Å². The number of fused-ring (bicyclic) bond motifs is 2. The predicted molar refractivity (Wildman–Crippen MR) is 260 cm³/mol. The van der Waals surface area contributed by atoms with Crippen LogP contribution in [0.5, 0.6) is 34.5 Å². The molecule has 4 aromatic carbocycles. The standard InChI is InChI=1S/2C24H25FN2O7.C4H4O4/c2*1-15(28)32-18-4-6-20(22(14-18)30-2)31-12-9-23(29)34-27-10-7-16(8-11-27)24-19-5-3-17(25)13-21(19)33-26-24;5-3(6)1-2-4(7)8/h2*3-6,13-14,16H,7-12H2,1-2H3;1-2H,(H,5,6)(H,7,8)/b;;2-1+. The molecule has 0 saturated carbocycles. The number of methoxy groups -OCH3 is 2. The minimum atomic E-state index is -1.26. The van der Waals surface area contributed by atoms with E-state index in [2.05, 4.69) is 10.3 Å². The number of halogens is 2. The van der Waals surface area contributed by atoms with E-state index in [0.29, 0.717) is 84.0 Å². The number of nitrogens with zero attached hydrogens (tertiary/aromatic N) is 4. The highest BCUT2D eigenvalue weighted by Gasteiger charge is 2.29. The van der Waals surface area contributed by atoms with Gasteiger partial charge in [0, 0.05) is 99.1 Å². The number of carbonyl (C=O) groups excluding carboxylic acids is 4. The van der Waals surface area contributed by atoms with Crippen molar-refractivity contribution in [3.8, 4) is 34.5 Å². The van der Waals surface area contributed by atoms with Crippen molar-refractivity contribution < 1.29 is 94.9 Å². The number of benzene rings is 4. The Morgan fingerprint density at radius 2 is 0.961 bits per heavy atom. The lowest BCUT2D eigenvalue weighted by Crippen LogP contribution is -2.35. The maximum absolute atomic E-state index is 13.4. The third-order valence-electron chi connectivity index (χ3n) is 11.4. The molecule has 6 aromatic rings. The van der Waals surface area contributed by atoms with Crippen LogP contribution in [0.1, 0.15) is 75.6 Å². The number of carboxylic acids is 2. The Balaban J connectivity index is 0.000000216. The first-order valence-corrected chi connectivity index (χ1v) is 23.6. The van der Waals surface area contributed by atoms with Gasteiger partial charge in [-0.05, 0) is 74.2 Å². The van der Waals surface area contributed by atoms with Crippen LogP contribution < -0.4 is 28.4 Å². The third-order valence-corrected chi connectivity index (χ3v) is 11.4. The van der Waals surface area contributed by atoms with Gasteiger partial charge in [0.05, 0.1) is 51.7 Å². The summed E-state index contributed by atoms with van der Waals surface area (Å²) in [7, 11) is 2.94. The molecule has 0 atom stereocenters. The zero-order valence-corrected chi connectivity index (χ0v) is 41.7. The quantitative estimate of drug-likeness (QED) is 0.0473. The molecule has 2 fully saturated rings. The van der Waals surface area contributed by atoms with Crippen LogP contribution in [0.15, 0.2) is 94.0 Å². The van der Waals surface area contributed by atoms with Crippen LogP contribution >= 0.6 is 0 Å². The van der Waals surface area contributed by atoms with Crippen molar-refractivity contribution in [1.29, 1.82) is 0 Å². The summed E-state index contributed by atoms with van der Waals surface area (Å²) in [5.74, 6) is -2.34. The lowest BCUT2D eigenvalue weighted by Gasteiger charge is -2.29. The Kier molecular flexibility index (Phi) is 20.6. The fourth-order valence-electron chi connectivity index (χ4n) is 7.90. The first-order valence-electron chi connectivity index (χ1n) is 23.6. The Morgan fingerprint density at radius 3 is 1.30 bits per heavy atom. The zero-order valence-electron chi connectivity index (χ0n) is 41.7. The number of aromatic nitrogens is 2. The van der Waals surface area contributed by atoms with E-state index < -0.39 is 35.8 Å². The first-order chi connectivity index (χ1) is 36.5. The molecule has 0 aliphatic carbocycles. The molecule has 0 unspecified atom stereocenters.